The van der Waals surface area contributed by atoms with Crippen LogP contribution in [0.1, 0.15) is 18.0 Å². The number of benzene rings is 2. The summed E-state index contributed by atoms with van der Waals surface area (Å²) >= 11 is 0. The van der Waals surface area contributed by atoms with Crippen LogP contribution in [0.4, 0.5) is 5.69 Å². The molecular weight excluding hydrogens is 358 g/mol. The molecule has 7 heteroatoms. The summed E-state index contributed by atoms with van der Waals surface area (Å²) in [4.78, 5) is 28.8. The van der Waals surface area contributed by atoms with Gasteiger partial charge in [0.05, 0.1) is 12.2 Å². The lowest BCUT2D eigenvalue weighted by Gasteiger charge is -2.25. The van der Waals surface area contributed by atoms with Gasteiger partial charge in [-0.15, -0.1) is 0 Å². The number of nitrogens with one attached hydrogen (secondary N) is 2. The molecule has 140 valence electrons. The minimum absolute atomic E-state index is 0.156. The van der Waals surface area contributed by atoms with E-state index in [0.717, 1.165) is 11.1 Å². The number of nitrogens with zero attached hydrogens (tertiary/aromatic N) is 1. The first kappa shape index (κ1) is 17.5. The third-order valence-corrected chi connectivity index (χ3v) is 4.51. The summed E-state index contributed by atoms with van der Waals surface area (Å²) in [5, 5.41) is 15.7. The summed E-state index contributed by atoms with van der Waals surface area (Å²) in [6.45, 7) is 0. The van der Waals surface area contributed by atoms with E-state index in [4.69, 9.17) is 4.42 Å². The quantitative estimate of drug-likeness (QED) is 0.607. The van der Waals surface area contributed by atoms with Gasteiger partial charge in [-0.1, -0.05) is 30.3 Å². The highest BCUT2D eigenvalue weighted by Crippen LogP contribution is 2.27. The van der Waals surface area contributed by atoms with Gasteiger partial charge in [-0.3, -0.25) is 9.59 Å². The van der Waals surface area contributed by atoms with Crippen LogP contribution in [-0.2, 0) is 9.59 Å². The highest BCUT2D eigenvalue weighted by atomic mass is 16.3. The Hall–Kier alpha value is -3.87. The van der Waals surface area contributed by atoms with Crippen LogP contribution in [0.25, 0.3) is 11.3 Å². The first-order valence-corrected chi connectivity index (χ1v) is 8.70. The van der Waals surface area contributed by atoms with Crippen molar-refractivity contribution in [3.05, 3.63) is 84.1 Å². The zero-order chi connectivity index (χ0) is 19.5. The number of hydrogen-bond acceptors (Lipinski definition) is 5. The lowest BCUT2D eigenvalue weighted by Crippen LogP contribution is -2.39. The molecule has 1 atom stereocenters. The third kappa shape index (κ3) is 3.50. The fourth-order valence-electron chi connectivity index (χ4n) is 3.10. The van der Waals surface area contributed by atoms with Gasteiger partial charge in [-0.2, -0.15) is 0 Å². The van der Waals surface area contributed by atoms with Crippen LogP contribution in [-0.4, -0.2) is 21.9 Å². The van der Waals surface area contributed by atoms with E-state index in [9.17, 15) is 14.7 Å². The van der Waals surface area contributed by atoms with Crippen molar-refractivity contribution in [1.29, 1.82) is 0 Å². The fourth-order valence-corrected chi connectivity index (χ4v) is 3.10. The number of amides is 2. The molecule has 3 aromatic rings. The van der Waals surface area contributed by atoms with Crippen molar-refractivity contribution in [2.24, 2.45) is 0 Å². The van der Waals surface area contributed by atoms with Crippen LogP contribution in [0.2, 0.25) is 0 Å². The van der Waals surface area contributed by atoms with Crippen molar-refractivity contribution in [3.63, 3.8) is 0 Å². The number of hydrogen-bond donors (Lipinski definition) is 3. The highest BCUT2D eigenvalue weighted by molar-refractivity contribution is 6.23. The summed E-state index contributed by atoms with van der Waals surface area (Å²) in [5.74, 6) is -0.882. The Bertz CT molecular complexity index is 1030. The van der Waals surface area contributed by atoms with E-state index in [1.807, 2.05) is 30.3 Å². The zero-order valence-corrected chi connectivity index (χ0v) is 14.8. The molecule has 4 rings (SSSR count). The first-order valence-electron chi connectivity index (χ1n) is 8.70. The van der Waals surface area contributed by atoms with E-state index in [2.05, 4.69) is 15.6 Å². The number of oxazole rings is 1. The van der Waals surface area contributed by atoms with E-state index in [1.165, 1.54) is 6.39 Å². The highest BCUT2D eigenvalue weighted by Gasteiger charge is 2.32. The molecule has 2 aromatic carbocycles. The van der Waals surface area contributed by atoms with Crippen LogP contribution in [0.15, 0.2) is 82.9 Å². The monoisotopic (exact) mass is 375 g/mol. The molecule has 0 saturated heterocycles. The Balaban J connectivity index is 1.49. The molecule has 0 radical (unpaired) electrons. The smallest absolute Gasteiger partial charge is 0.264 e. The number of carbonyl (C=O) groups is 2. The topological polar surface area (TPSA) is 104 Å². The minimum atomic E-state index is -0.658. The largest absolute Gasteiger partial charge is 0.511 e. The Kier molecular flexibility index (Phi) is 4.63. The maximum absolute atomic E-state index is 12.5. The lowest BCUT2D eigenvalue weighted by atomic mass is 9.96. The second-order valence-corrected chi connectivity index (χ2v) is 6.36. The van der Waals surface area contributed by atoms with Crippen molar-refractivity contribution in [1.82, 2.24) is 10.3 Å². The molecule has 7 nitrogen and oxygen atoms in total. The minimum Gasteiger partial charge on any atom is -0.511 e. The van der Waals surface area contributed by atoms with Crippen molar-refractivity contribution < 1.29 is 19.1 Å². The summed E-state index contributed by atoms with van der Waals surface area (Å²) in [6, 6.07) is 15.8. The van der Waals surface area contributed by atoms with Gasteiger partial charge in [0.1, 0.15) is 11.3 Å². The maximum Gasteiger partial charge on any atom is 0.264 e. The first-order chi connectivity index (χ1) is 13.6. The van der Waals surface area contributed by atoms with Crippen LogP contribution < -0.4 is 10.6 Å². The molecule has 3 N–H and O–H groups in total. The molecule has 1 aromatic heterocycles. The maximum atomic E-state index is 12.5. The molecule has 1 aliphatic heterocycles. The predicted molar refractivity (Wildman–Crippen MR) is 102 cm³/mol. The molecule has 1 unspecified atom stereocenters. The molecule has 28 heavy (non-hydrogen) atoms. The molecule has 2 amide bonds. The van der Waals surface area contributed by atoms with Gasteiger partial charge in [0.15, 0.2) is 12.2 Å². The number of anilines is 1. The summed E-state index contributed by atoms with van der Waals surface area (Å²) < 4.78 is 5.22. The Morgan fingerprint density at radius 2 is 1.89 bits per heavy atom. The fraction of sp³-hybridized carbons (Fsp3) is 0.0952. The number of aliphatic hydroxyl groups is 1. The second kappa shape index (κ2) is 7.40. The Labute approximate surface area is 160 Å². The van der Waals surface area contributed by atoms with Crippen molar-refractivity contribution in [2.45, 2.75) is 12.5 Å². The van der Waals surface area contributed by atoms with Gasteiger partial charge in [-0.25, -0.2) is 4.98 Å². The van der Waals surface area contributed by atoms with Gasteiger partial charge < -0.3 is 20.2 Å². The third-order valence-electron chi connectivity index (χ3n) is 4.51. The summed E-state index contributed by atoms with van der Waals surface area (Å²) in [5.41, 5.74) is 1.89. The van der Waals surface area contributed by atoms with Gasteiger partial charge in [-0.05, 0) is 29.8 Å². The van der Waals surface area contributed by atoms with E-state index in [0.29, 0.717) is 11.4 Å². The van der Waals surface area contributed by atoms with E-state index < -0.39 is 11.8 Å². The molecular formula is C21H17N3O4. The molecule has 0 aliphatic carbocycles. The standard InChI is InChI=1S/C21H17N3O4/c25-17-10-16(13-4-2-1-3-5-13)24-21(27)19(17)20(26)23-15-8-6-14(7-9-15)18-11-22-12-28-18/h1-9,11-12,16,25H,10H2,(H,23,26)(H,24,27). The van der Waals surface area contributed by atoms with E-state index in [-0.39, 0.29) is 23.8 Å². The van der Waals surface area contributed by atoms with Crippen LogP contribution >= 0.6 is 0 Å². The lowest BCUT2D eigenvalue weighted by molar-refractivity contribution is -0.123. The van der Waals surface area contributed by atoms with E-state index >= 15 is 0 Å². The Morgan fingerprint density at radius 1 is 1.14 bits per heavy atom. The predicted octanol–water partition coefficient (Wildman–Crippen LogP) is 3.35. The summed E-state index contributed by atoms with van der Waals surface area (Å²) in [7, 11) is 0. The van der Waals surface area contributed by atoms with Crippen LogP contribution in [0, 0.1) is 0 Å². The molecule has 0 spiro atoms. The Morgan fingerprint density at radius 3 is 2.54 bits per heavy atom. The SMILES string of the molecule is O=C(Nc1ccc(-c2cnco2)cc1)C1=C(O)CC(c2ccccc2)NC1=O. The molecule has 0 fully saturated rings. The van der Waals surface area contributed by atoms with Crippen LogP contribution in [0.3, 0.4) is 0 Å². The average molecular weight is 375 g/mol. The normalized spacial score (nSPS) is 16.6. The van der Waals surface area contributed by atoms with Crippen molar-refractivity contribution in [2.75, 3.05) is 5.32 Å². The van der Waals surface area contributed by atoms with Gasteiger partial charge in [0.2, 0.25) is 0 Å². The average Bonchev–Trinajstić information content (AvgIpc) is 3.23. The molecule has 0 bridgehead atoms. The number of aliphatic hydroxyl groups excluding tert-OH is 1. The van der Waals surface area contributed by atoms with Gasteiger partial charge >= 0.3 is 0 Å². The molecule has 0 saturated carbocycles. The van der Waals surface area contributed by atoms with E-state index in [1.54, 1.807) is 30.5 Å². The molecule has 1 aliphatic rings. The van der Waals surface area contributed by atoms with Crippen molar-refractivity contribution >= 4 is 17.5 Å². The zero-order valence-electron chi connectivity index (χ0n) is 14.8. The number of aromatic nitrogens is 1. The second-order valence-electron chi connectivity index (χ2n) is 6.36. The number of carbonyl (C=O) groups excluding carboxylic acids is 2. The molecule has 2 heterocycles. The number of rotatable bonds is 4. The van der Waals surface area contributed by atoms with Crippen LogP contribution in [0.5, 0.6) is 0 Å². The summed E-state index contributed by atoms with van der Waals surface area (Å²) in [6.07, 6.45) is 3.08. The van der Waals surface area contributed by atoms with Crippen molar-refractivity contribution in [3.8, 4) is 11.3 Å². The van der Waals surface area contributed by atoms with Gasteiger partial charge in [0.25, 0.3) is 11.8 Å². The van der Waals surface area contributed by atoms with Gasteiger partial charge in [0, 0.05) is 17.7 Å².